The van der Waals surface area contributed by atoms with Crippen molar-refractivity contribution < 1.29 is 9.53 Å². The molecule has 7 nitrogen and oxygen atoms in total. The quantitative estimate of drug-likeness (QED) is 0.210. The Morgan fingerprint density at radius 3 is 2.46 bits per heavy atom. The third-order valence-electron chi connectivity index (χ3n) is 5.17. The number of methoxy groups -OCH3 is 1. The van der Waals surface area contributed by atoms with Crippen LogP contribution in [0, 0.1) is 0 Å². The van der Waals surface area contributed by atoms with Crippen molar-refractivity contribution in [3.8, 4) is 22.7 Å². The van der Waals surface area contributed by atoms with Crippen LogP contribution in [0.15, 0.2) is 95.5 Å². The average molecular weight is 500 g/mol. The van der Waals surface area contributed by atoms with E-state index >= 15 is 0 Å². The van der Waals surface area contributed by atoms with Gasteiger partial charge >= 0.3 is 0 Å². The van der Waals surface area contributed by atoms with Gasteiger partial charge in [0.1, 0.15) is 11.4 Å². The van der Waals surface area contributed by atoms with E-state index in [0.29, 0.717) is 22.1 Å². The van der Waals surface area contributed by atoms with Crippen molar-refractivity contribution in [1.82, 2.24) is 20.0 Å². The smallest absolute Gasteiger partial charge is 0.261 e. The molecule has 0 saturated heterocycles. The molecule has 0 aliphatic carbocycles. The number of benzene rings is 3. The van der Waals surface area contributed by atoms with Crippen molar-refractivity contribution in [3.05, 3.63) is 102 Å². The van der Waals surface area contributed by atoms with Gasteiger partial charge in [-0.25, -0.2) is 4.68 Å². The fraction of sp³-hybridized carbons (Fsp3) is 0.0769. The van der Waals surface area contributed by atoms with E-state index in [0.717, 1.165) is 21.3 Å². The van der Waals surface area contributed by atoms with Crippen molar-refractivity contribution in [2.45, 2.75) is 10.1 Å². The minimum atomic E-state index is -0.316. The van der Waals surface area contributed by atoms with E-state index in [4.69, 9.17) is 9.84 Å². The number of carbonyl (C=O) groups excluding carboxylic acids is 1. The molecular formula is C26H21N5O2S2. The first-order valence-corrected chi connectivity index (χ1v) is 12.6. The van der Waals surface area contributed by atoms with Crippen LogP contribution in [0.2, 0.25) is 0 Å². The number of hydrogen-bond acceptors (Lipinski definition) is 7. The van der Waals surface area contributed by atoms with E-state index in [1.807, 2.05) is 72.8 Å². The van der Waals surface area contributed by atoms with E-state index in [-0.39, 0.29) is 5.91 Å². The first kappa shape index (κ1) is 22.8. The van der Waals surface area contributed by atoms with Crippen molar-refractivity contribution in [2.75, 3.05) is 12.4 Å². The molecule has 0 radical (unpaired) electrons. The summed E-state index contributed by atoms with van der Waals surface area (Å²) in [6.07, 6.45) is 1.72. The number of aromatic nitrogens is 4. The van der Waals surface area contributed by atoms with E-state index in [2.05, 4.69) is 27.6 Å². The standard InChI is InChI=1S/C26H21N5O2S2/c1-33-22-15-9-8-14-20(22)23-21(16-31(30-23)19-12-6-3-7-13-19)24(32)27-25-28-29-26(35-25)34-17-18-10-4-2-5-11-18/h2-16H,17H2,1H3,(H,27,28,32). The summed E-state index contributed by atoms with van der Waals surface area (Å²) >= 11 is 2.93. The van der Waals surface area contributed by atoms with Crippen LogP contribution >= 0.6 is 23.1 Å². The van der Waals surface area contributed by atoms with Gasteiger partial charge in [-0.2, -0.15) is 5.10 Å². The number of amides is 1. The minimum Gasteiger partial charge on any atom is -0.496 e. The molecule has 5 rings (SSSR count). The largest absolute Gasteiger partial charge is 0.496 e. The Morgan fingerprint density at radius 2 is 1.69 bits per heavy atom. The molecule has 174 valence electrons. The first-order chi connectivity index (χ1) is 17.2. The fourth-order valence-corrected chi connectivity index (χ4v) is 5.20. The Balaban J connectivity index is 1.41. The highest BCUT2D eigenvalue weighted by Gasteiger charge is 2.22. The lowest BCUT2D eigenvalue weighted by atomic mass is 10.1. The van der Waals surface area contributed by atoms with Crippen LogP contribution in [0.1, 0.15) is 15.9 Å². The molecule has 0 atom stereocenters. The Morgan fingerprint density at radius 1 is 0.971 bits per heavy atom. The zero-order chi connectivity index (χ0) is 24.0. The van der Waals surface area contributed by atoms with Crippen LogP contribution in [0.5, 0.6) is 5.75 Å². The van der Waals surface area contributed by atoms with Crippen molar-refractivity contribution in [2.24, 2.45) is 0 Å². The number of anilines is 1. The molecule has 2 heterocycles. The lowest BCUT2D eigenvalue weighted by molar-refractivity contribution is 0.102. The number of thioether (sulfide) groups is 1. The number of nitrogens with zero attached hydrogens (tertiary/aromatic N) is 4. The molecule has 0 unspecified atom stereocenters. The average Bonchev–Trinajstić information content (AvgIpc) is 3.56. The topological polar surface area (TPSA) is 81.9 Å². The van der Waals surface area contributed by atoms with Gasteiger partial charge in [-0.05, 0) is 29.8 Å². The van der Waals surface area contributed by atoms with Gasteiger partial charge in [0.15, 0.2) is 4.34 Å². The summed E-state index contributed by atoms with van der Waals surface area (Å²) in [7, 11) is 1.60. The van der Waals surface area contributed by atoms with Crippen LogP contribution in [0.3, 0.4) is 0 Å². The van der Waals surface area contributed by atoms with Crippen molar-refractivity contribution in [3.63, 3.8) is 0 Å². The first-order valence-electron chi connectivity index (χ1n) is 10.8. The summed E-state index contributed by atoms with van der Waals surface area (Å²) in [4.78, 5) is 13.4. The predicted octanol–water partition coefficient (Wildman–Crippen LogP) is 5.94. The maximum Gasteiger partial charge on any atom is 0.261 e. The molecule has 1 amide bonds. The molecule has 0 spiro atoms. The molecule has 1 N–H and O–H groups in total. The maximum absolute atomic E-state index is 13.4. The number of ether oxygens (including phenoxy) is 1. The Kier molecular flexibility index (Phi) is 6.87. The number of carbonyl (C=O) groups is 1. The van der Waals surface area contributed by atoms with E-state index in [9.17, 15) is 4.79 Å². The summed E-state index contributed by atoms with van der Waals surface area (Å²) < 4.78 is 8.01. The second-order valence-corrected chi connectivity index (χ2v) is 9.67. The number of para-hydroxylation sites is 2. The zero-order valence-electron chi connectivity index (χ0n) is 18.8. The maximum atomic E-state index is 13.4. The van der Waals surface area contributed by atoms with Crippen molar-refractivity contribution >= 4 is 34.1 Å². The normalized spacial score (nSPS) is 10.8. The van der Waals surface area contributed by atoms with Crippen LogP contribution in [-0.2, 0) is 5.75 Å². The SMILES string of the molecule is COc1ccccc1-c1nn(-c2ccccc2)cc1C(=O)Nc1nnc(SCc2ccccc2)s1. The molecule has 0 aliphatic rings. The summed E-state index contributed by atoms with van der Waals surface area (Å²) in [6, 6.07) is 27.3. The summed E-state index contributed by atoms with van der Waals surface area (Å²) in [5, 5.41) is 16.4. The number of rotatable bonds is 8. The van der Waals surface area contributed by atoms with Gasteiger partial charge in [-0.15, -0.1) is 10.2 Å². The monoisotopic (exact) mass is 499 g/mol. The second-order valence-electron chi connectivity index (χ2n) is 7.47. The van der Waals surface area contributed by atoms with Gasteiger partial charge in [0.05, 0.1) is 18.4 Å². The van der Waals surface area contributed by atoms with E-state index < -0.39 is 0 Å². The molecule has 0 bridgehead atoms. The summed E-state index contributed by atoms with van der Waals surface area (Å²) in [6.45, 7) is 0. The third kappa shape index (κ3) is 5.26. The summed E-state index contributed by atoms with van der Waals surface area (Å²) in [5.41, 5.74) is 3.71. The molecular weight excluding hydrogens is 478 g/mol. The van der Waals surface area contributed by atoms with Gasteiger partial charge in [-0.3, -0.25) is 10.1 Å². The van der Waals surface area contributed by atoms with Crippen LogP contribution in [-0.4, -0.2) is 33.0 Å². The van der Waals surface area contributed by atoms with Crippen molar-refractivity contribution in [1.29, 1.82) is 0 Å². The van der Waals surface area contributed by atoms with Crippen LogP contribution in [0.25, 0.3) is 16.9 Å². The second kappa shape index (κ2) is 10.5. The van der Waals surface area contributed by atoms with Gasteiger partial charge in [0.25, 0.3) is 5.91 Å². The van der Waals surface area contributed by atoms with Gasteiger partial charge in [-0.1, -0.05) is 83.8 Å². The molecule has 0 fully saturated rings. The molecule has 0 saturated carbocycles. The Bertz CT molecular complexity index is 1430. The molecule has 3 aromatic carbocycles. The number of hydrogen-bond donors (Lipinski definition) is 1. The Labute approximate surface area is 210 Å². The molecule has 2 aromatic heterocycles. The highest BCUT2D eigenvalue weighted by molar-refractivity contribution is 8.00. The third-order valence-corrected chi connectivity index (χ3v) is 7.22. The molecule has 9 heteroatoms. The van der Waals surface area contributed by atoms with E-state index in [1.165, 1.54) is 16.9 Å². The lowest BCUT2D eigenvalue weighted by Gasteiger charge is -2.07. The molecule has 0 aliphatic heterocycles. The van der Waals surface area contributed by atoms with Gasteiger partial charge in [0, 0.05) is 17.5 Å². The van der Waals surface area contributed by atoms with Crippen LogP contribution < -0.4 is 10.1 Å². The molecule has 35 heavy (non-hydrogen) atoms. The zero-order valence-corrected chi connectivity index (χ0v) is 20.4. The van der Waals surface area contributed by atoms with Crippen LogP contribution in [0.4, 0.5) is 5.13 Å². The van der Waals surface area contributed by atoms with E-state index in [1.54, 1.807) is 29.8 Å². The number of nitrogens with one attached hydrogen (secondary N) is 1. The highest BCUT2D eigenvalue weighted by atomic mass is 32.2. The summed E-state index contributed by atoms with van der Waals surface area (Å²) in [5.74, 6) is 1.10. The lowest BCUT2D eigenvalue weighted by Crippen LogP contribution is -2.12. The van der Waals surface area contributed by atoms with Gasteiger partial charge < -0.3 is 4.74 Å². The predicted molar refractivity (Wildman–Crippen MR) is 139 cm³/mol. The highest BCUT2D eigenvalue weighted by Crippen LogP contribution is 2.33. The molecule has 5 aromatic rings. The fourth-order valence-electron chi connectivity index (χ4n) is 3.49. The van der Waals surface area contributed by atoms with Gasteiger partial charge in [0.2, 0.25) is 5.13 Å². The Hall–Kier alpha value is -3.95. The minimum absolute atomic E-state index is 0.316.